The van der Waals surface area contributed by atoms with Gasteiger partial charge in [-0.1, -0.05) is 0 Å². The Morgan fingerprint density at radius 2 is 1.33 bits per heavy atom. The molecule has 0 aromatic carbocycles. The molecule has 1 aliphatic carbocycles. The molecule has 0 radical (unpaired) electrons. The van der Waals surface area contributed by atoms with Crippen molar-refractivity contribution in [1.29, 1.82) is 0 Å². The van der Waals surface area contributed by atoms with Crippen molar-refractivity contribution in [2.45, 2.75) is 65.6 Å². The SMILES string of the molecule is CC(C)(C)OC(=O)N1CC2(C(=O)O)CC(C(=O)OC(C)(C)C)(C1)C2. The summed E-state index contributed by atoms with van der Waals surface area (Å²) in [7, 11) is 0. The molecule has 0 aromatic heterocycles. The van der Waals surface area contributed by atoms with Crippen LogP contribution in [0.5, 0.6) is 0 Å². The van der Waals surface area contributed by atoms with Crippen LogP contribution in [0.4, 0.5) is 4.79 Å². The predicted molar refractivity (Wildman–Crippen MR) is 85.4 cm³/mol. The van der Waals surface area contributed by atoms with E-state index in [0.717, 1.165) is 0 Å². The average molecular weight is 341 g/mol. The van der Waals surface area contributed by atoms with Crippen LogP contribution in [0.15, 0.2) is 0 Å². The summed E-state index contributed by atoms with van der Waals surface area (Å²) in [5.74, 6) is -1.44. The van der Waals surface area contributed by atoms with Crippen LogP contribution in [0.25, 0.3) is 0 Å². The minimum Gasteiger partial charge on any atom is -0.481 e. The van der Waals surface area contributed by atoms with Gasteiger partial charge in [-0.25, -0.2) is 4.79 Å². The second kappa shape index (κ2) is 5.36. The number of aliphatic carboxylic acids is 1. The van der Waals surface area contributed by atoms with Gasteiger partial charge >= 0.3 is 18.0 Å². The van der Waals surface area contributed by atoms with Gasteiger partial charge in [0.1, 0.15) is 11.2 Å². The molecule has 2 aliphatic heterocycles. The molecule has 3 fully saturated rings. The molecule has 7 nitrogen and oxygen atoms in total. The standard InChI is InChI=1S/C17H27NO6/c1-14(2,3)23-12(21)17-7-16(8-17,11(19)20)9-18(10-17)13(22)24-15(4,5)6/h7-10H2,1-6H3,(H,19,20). The third kappa shape index (κ3) is 3.49. The van der Waals surface area contributed by atoms with Gasteiger partial charge in [-0.2, -0.15) is 0 Å². The van der Waals surface area contributed by atoms with Crippen LogP contribution in [0.2, 0.25) is 0 Å². The number of hydrogen-bond acceptors (Lipinski definition) is 5. The monoisotopic (exact) mass is 341 g/mol. The Morgan fingerprint density at radius 1 is 0.875 bits per heavy atom. The normalized spacial score (nSPS) is 29.5. The van der Waals surface area contributed by atoms with Crippen LogP contribution in [0.3, 0.4) is 0 Å². The average Bonchev–Trinajstić information content (AvgIpc) is 2.33. The van der Waals surface area contributed by atoms with E-state index in [-0.39, 0.29) is 25.9 Å². The number of fused-ring (bicyclic) bond motifs is 2. The molecule has 3 rings (SSSR count). The van der Waals surface area contributed by atoms with Gasteiger partial charge in [0.05, 0.1) is 10.8 Å². The number of carbonyl (C=O) groups is 3. The topological polar surface area (TPSA) is 93.1 Å². The van der Waals surface area contributed by atoms with Crippen LogP contribution in [0.1, 0.15) is 54.4 Å². The Kier molecular flexibility index (Phi) is 4.14. The predicted octanol–water partition coefficient (Wildman–Crippen LogP) is 2.43. The van der Waals surface area contributed by atoms with E-state index in [1.54, 1.807) is 41.5 Å². The summed E-state index contributed by atoms with van der Waals surface area (Å²) in [6.45, 7) is 10.7. The lowest BCUT2D eigenvalue weighted by Gasteiger charge is -2.59. The summed E-state index contributed by atoms with van der Waals surface area (Å²) in [5, 5.41) is 9.57. The molecular formula is C17H27NO6. The van der Waals surface area contributed by atoms with Crippen molar-refractivity contribution in [2.24, 2.45) is 10.8 Å². The van der Waals surface area contributed by atoms with Crippen molar-refractivity contribution in [3.05, 3.63) is 0 Å². The molecule has 136 valence electrons. The van der Waals surface area contributed by atoms with Gasteiger partial charge in [-0.3, -0.25) is 9.59 Å². The van der Waals surface area contributed by atoms with Gasteiger partial charge in [0.25, 0.3) is 0 Å². The number of ether oxygens (including phenoxy) is 2. The van der Waals surface area contributed by atoms with Crippen molar-refractivity contribution in [3.63, 3.8) is 0 Å². The summed E-state index contributed by atoms with van der Waals surface area (Å²) < 4.78 is 10.8. The number of rotatable bonds is 2. The number of carboxylic acids is 1. The zero-order chi connectivity index (χ0) is 18.6. The van der Waals surface area contributed by atoms with Crippen LogP contribution in [0, 0.1) is 10.8 Å². The summed E-state index contributed by atoms with van der Waals surface area (Å²) >= 11 is 0. The number of hydrogen-bond donors (Lipinski definition) is 1. The lowest BCUT2D eigenvalue weighted by Crippen LogP contribution is -2.70. The summed E-state index contributed by atoms with van der Waals surface area (Å²) in [6, 6.07) is 0. The summed E-state index contributed by atoms with van der Waals surface area (Å²) in [5.41, 5.74) is -3.40. The highest BCUT2D eigenvalue weighted by molar-refractivity contribution is 5.88. The van der Waals surface area contributed by atoms with Crippen molar-refractivity contribution < 1.29 is 29.0 Å². The summed E-state index contributed by atoms with van der Waals surface area (Å²) in [4.78, 5) is 38.0. The largest absolute Gasteiger partial charge is 0.481 e. The minimum absolute atomic E-state index is 0.0573. The second-order valence-electron chi connectivity index (χ2n) is 9.06. The van der Waals surface area contributed by atoms with E-state index in [0.29, 0.717) is 0 Å². The fourth-order valence-corrected chi connectivity index (χ4v) is 3.52. The molecule has 0 unspecified atom stereocenters. The number of esters is 1. The number of carbonyl (C=O) groups excluding carboxylic acids is 2. The molecule has 0 spiro atoms. The lowest BCUT2D eigenvalue weighted by atomic mass is 9.49. The first-order chi connectivity index (χ1) is 10.7. The van der Waals surface area contributed by atoms with Crippen LogP contribution in [-0.2, 0) is 19.1 Å². The Labute approximate surface area is 142 Å². The molecule has 2 bridgehead atoms. The van der Waals surface area contributed by atoms with Gasteiger partial charge in [0, 0.05) is 13.1 Å². The molecule has 0 aromatic rings. The third-order valence-corrected chi connectivity index (χ3v) is 4.28. The van der Waals surface area contributed by atoms with E-state index >= 15 is 0 Å². The Morgan fingerprint density at radius 3 is 1.75 bits per heavy atom. The number of amides is 1. The zero-order valence-electron chi connectivity index (χ0n) is 15.3. The fraction of sp³-hybridized carbons (Fsp3) is 0.824. The summed E-state index contributed by atoms with van der Waals surface area (Å²) in [6.07, 6.45) is -0.201. The van der Waals surface area contributed by atoms with Crippen molar-refractivity contribution >= 4 is 18.0 Å². The molecule has 24 heavy (non-hydrogen) atoms. The Hall–Kier alpha value is -1.79. The molecular weight excluding hydrogens is 314 g/mol. The second-order valence-corrected chi connectivity index (χ2v) is 9.06. The highest BCUT2D eigenvalue weighted by atomic mass is 16.6. The number of piperidine rings is 2. The van der Waals surface area contributed by atoms with E-state index < -0.39 is 40.1 Å². The van der Waals surface area contributed by atoms with Gasteiger partial charge in [0.2, 0.25) is 0 Å². The first-order valence-corrected chi connectivity index (χ1v) is 8.13. The zero-order valence-corrected chi connectivity index (χ0v) is 15.3. The molecule has 1 amide bonds. The Balaban J connectivity index is 2.22. The van der Waals surface area contributed by atoms with Crippen LogP contribution in [-0.4, -0.2) is 52.3 Å². The number of nitrogens with zero attached hydrogens (tertiary/aromatic N) is 1. The van der Waals surface area contributed by atoms with Crippen LogP contribution < -0.4 is 0 Å². The van der Waals surface area contributed by atoms with Gasteiger partial charge in [-0.05, 0) is 54.4 Å². The lowest BCUT2D eigenvalue weighted by molar-refractivity contribution is -0.207. The highest BCUT2D eigenvalue weighted by Gasteiger charge is 2.69. The van der Waals surface area contributed by atoms with E-state index in [2.05, 4.69) is 0 Å². The van der Waals surface area contributed by atoms with Crippen molar-refractivity contribution in [2.75, 3.05) is 13.1 Å². The van der Waals surface area contributed by atoms with E-state index in [1.165, 1.54) is 4.90 Å². The molecule has 1 N–H and O–H groups in total. The quantitative estimate of drug-likeness (QED) is 0.775. The van der Waals surface area contributed by atoms with Crippen LogP contribution >= 0.6 is 0 Å². The first kappa shape index (κ1) is 18.5. The van der Waals surface area contributed by atoms with E-state index in [9.17, 15) is 19.5 Å². The molecule has 2 heterocycles. The van der Waals surface area contributed by atoms with Gasteiger partial charge < -0.3 is 19.5 Å². The van der Waals surface area contributed by atoms with Gasteiger partial charge in [-0.15, -0.1) is 0 Å². The maximum absolute atomic E-state index is 12.6. The minimum atomic E-state index is -1.09. The highest BCUT2D eigenvalue weighted by Crippen LogP contribution is 2.60. The van der Waals surface area contributed by atoms with Crippen molar-refractivity contribution in [3.8, 4) is 0 Å². The third-order valence-electron chi connectivity index (χ3n) is 4.28. The van der Waals surface area contributed by atoms with Gasteiger partial charge in [0.15, 0.2) is 0 Å². The van der Waals surface area contributed by atoms with E-state index in [4.69, 9.17) is 9.47 Å². The maximum atomic E-state index is 12.6. The molecule has 0 atom stereocenters. The van der Waals surface area contributed by atoms with E-state index in [1.807, 2.05) is 0 Å². The first-order valence-electron chi connectivity index (χ1n) is 8.13. The van der Waals surface area contributed by atoms with Crippen molar-refractivity contribution in [1.82, 2.24) is 4.90 Å². The Bertz CT molecular complexity index is 557. The molecule has 1 saturated carbocycles. The molecule has 7 heteroatoms. The number of carboxylic acid groups (broad SMARTS) is 1. The maximum Gasteiger partial charge on any atom is 0.410 e. The molecule has 3 aliphatic rings. The molecule has 2 saturated heterocycles. The fourth-order valence-electron chi connectivity index (χ4n) is 3.52. The smallest absolute Gasteiger partial charge is 0.410 e.